The van der Waals surface area contributed by atoms with Gasteiger partial charge in [0.05, 0.1) is 37.3 Å². The average Bonchev–Trinajstić information content (AvgIpc) is 3.33. The van der Waals surface area contributed by atoms with Crippen molar-refractivity contribution in [3.05, 3.63) is 47.7 Å². The molecule has 0 atom stereocenters. The van der Waals surface area contributed by atoms with E-state index < -0.39 is 0 Å². The first-order valence-electron chi connectivity index (χ1n) is 9.34. The molecule has 0 aliphatic heterocycles. The van der Waals surface area contributed by atoms with E-state index in [1.807, 2.05) is 6.07 Å². The van der Waals surface area contributed by atoms with Crippen LogP contribution < -0.4 is 20.5 Å². The minimum Gasteiger partial charge on any atom is -0.497 e. The molecule has 0 aliphatic rings. The molecule has 9 nitrogen and oxygen atoms in total. The van der Waals surface area contributed by atoms with Gasteiger partial charge >= 0.3 is 0 Å². The van der Waals surface area contributed by atoms with Crippen LogP contribution in [-0.2, 0) is 4.79 Å². The SMILES string of the molecule is COc1ccc(OC)c(NC(=O)CCSc2nc(N)c(C#N)c(-c3ccco3)c2C#N)c1. The van der Waals surface area contributed by atoms with E-state index in [0.717, 1.165) is 0 Å². The summed E-state index contributed by atoms with van der Waals surface area (Å²) in [4.78, 5) is 16.7. The molecular formula is C22H19N5O4S. The summed E-state index contributed by atoms with van der Waals surface area (Å²) in [6.07, 6.45) is 1.58. The average molecular weight is 449 g/mol. The molecular weight excluding hydrogens is 430 g/mol. The van der Waals surface area contributed by atoms with E-state index in [1.54, 1.807) is 30.3 Å². The molecule has 3 N–H and O–H groups in total. The molecule has 3 aromatic rings. The van der Waals surface area contributed by atoms with E-state index in [-0.39, 0.29) is 29.3 Å². The number of furan rings is 1. The van der Waals surface area contributed by atoms with Crippen LogP contribution in [0.25, 0.3) is 11.3 Å². The number of benzene rings is 1. The van der Waals surface area contributed by atoms with Crippen molar-refractivity contribution in [3.8, 4) is 35.0 Å². The van der Waals surface area contributed by atoms with Gasteiger partial charge in [0.2, 0.25) is 5.91 Å². The number of nitrogens with zero attached hydrogens (tertiary/aromatic N) is 3. The zero-order chi connectivity index (χ0) is 23.1. The second kappa shape index (κ2) is 10.2. The lowest BCUT2D eigenvalue weighted by Gasteiger charge is -2.12. The van der Waals surface area contributed by atoms with Gasteiger partial charge in [0.1, 0.15) is 45.8 Å². The van der Waals surface area contributed by atoms with Crippen LogP contribution in [0.2, 0.25) is 0 Å². The number of aromatic nitrogens is 1. The molecule has 0 spiro atoms. The highest BCUT2D eigenvalue weighted by atomic mass is 32.2. The Morgan fingerprint density at radius 3 is 2.62 bits per heavy atom. The summed E-state index contributed by atoms with van der Waals surface area (Å²) in [7, 11) is 3.04. The Balaban J connectivity index is 1.76. The molecule has 2 aromatic heterocycles. The van der Waals surface area contributed by atoms with Gasteiger partial charge < -0.3 is 24.9 Å². The lowest BCUT2D eigenvalue weighted by atomic mass is 10.0. The monoisotopic (exact) mass is 449 g/mol. The molecule has 32 heavy (non-hydrogen) atoms. The lowest BCUT2D eigenvalue weighted by Crippen LogP contribution is -2.13. The van der Waals surface area contributed by atoms with Crippen molar-refractivity contribution >= 4 is 29.2 Å². The van der Waals surface area contributed by atoms with Crippen molar-refractivity contribution in [2.75, 3.05) is 31.0 Å². The van der Waals surface area contributed by atoms with E-state index in [4.69, 9.17) is 19.6 Å². The largest absolute Gasteiger partial charge is 0.497 e. The third-order valence-corrected chi connectivity index (χ3v) is 5.41. The maximum Gasteiger partial charge on any atom is 0.225 e. The number of anilines is 2. The maximum atomic E-state index is 12.5. The second-order valence-electron chi connectivity index (χ2n) is 6.34. The summed E-state index contributed by atoms with van der Waals surface area (Å²) in [5.74, 6) is 1.49. The number of hydrogen-bond donors (Lipinski definition) is 2. The van der Waals surface area contributed by atoms with Crippen LogP contribution in [0.1, 0.15) is 17.5 Å². The van der Waals surface area contributed by atoms with Gasteiger partial charge in [-0.2, -0.15) is 10.5 Å². The van der Waals surface area contributed by atoms with Crippen LogP contribution in [0.15, 0.2) is 46.0 Å². The zero-order valence-electron chi connectivity index (χ0n) is 17.3. The van der Waals surface area contributed by atoms with Crippen molar-refractivity contribution in [3.63, 3.8) is 0 Å². The van der Waals surface area contributed by atoms with Crippen LogP contribution in [0, 0.1) is 22.7 Å². The summed E-state index contributed by atoms with van der Waals surface area (Å²) >= 11 is 1.19. The van der Waals surface area contributed by atoms with Gasteiger partial charge in [0.15, 0.2) is 0 Å². The number of carbonyl (C=O) groups is 1. The van der Waals surface area contributed by atoms with Gasteiger partial charge in [-0.15, -0.1) is 11.8 Å². The number of nitriles is 2. The van der Waals surface area contributed by atoms with Gasteiger partial charge in [-0.05, 0) is 24.3 Å². The number of ether oxygens (including phenoxy) is 2. The third-order valence-electron chi connectivity index (χ3n) is 4.43. The molecule has 0 saturated heterocycles. The number of nitrogen functional groups attached to an aromatic ring is 1. The number of thioether (sulfide) groups is 1. The number of pyridine rings is 1. The van der Waals surface area contributed by atoms with Crippen molar-refractivity contribution in [1.29, 1.82) is 10.5 Å². The molecule has 162 valence electrons. The van der Waals surface area contributed by atoms with Crippen LogP contribution >= 0.6 is 11.8 Å². The van der Waals surface area contributed by atoms with Crippen molar-refractivity contribution in [2.24, 2.45) is 0 Å². The minimum atomic E-state index is -0.254. The highest BCUT2D eigenvalue weighted by Crippen LogP contribution is 2.36. The summed E-state index contributed by atoms with van der Waals surface area (Å²) in [6, 6.07) is 12.4. The number of rotatable bonds is 8. The third kappa shape index (κ3) is 4.77. The molecule has 0 aliphatic carbocycles. The van der Waals surface area contributed by atoms with E-state index in [1.165, 1.54) is 32.2 Å². The fraction of sp³-hybridized carbons (Fsp3) is 0.182. The smallest absolute Gasteiger partial charge is 0.225 e. The summed E-state index contributed by atoms with van der Waals surface area (Å²) < 4.78 is 15.8. The molecule has 1 amide bonds. The molecule has 0 fully saturated rings. The van der Waals surface area contributed by atoms with E-state index >= 15 is 0 Å². The predicted molar refractivity (Wildman–Crippen MR) is 119 cm³/mol. The molecule has 0 unspecified atom stereocenters. The number of nitrogens with one attached hydrogen (secondary N) is 1. The van der Waals surface area contributed by atoms with Crippen molar-refractivity contribution in [2.45, 2.75) is 11.4 Å². The summed E-state index contributed by atoms with van der Waals surface area (Å²) in [6.45, 7) is 0. The Bertz CT molecular complexity index is 1210. The molecule has 3 rings (SSSR count). The predicted octanol–water partition coefficient (Wildman–Crippen LogP) is 3.81. The molecule has 0 saturated carbocycles. The van der Waals surface area contributed by atoms with Crippen LogP contribution in [0.3, 0.4) is 0 Å². The standard InChI is InChI=1S/C22H19N5O4S/c1-29-13-5-6-17(30-2)16(10-13)26-19(28)7-9-32-22-15(12-24)20(18-4-3-8-31-18)14(11-23)21(25)27-22/h3-6,8,10H,7,9H2,1-2H3,(H2,25,27)(H,26,28). The van der Waals surface area contributed by atoms with Crippen LogP contribution in [0.4, 0.5) is 11.5 Å². The van der Waals surface area contributed by atoms with E-state index in [9.17, 15) is 15.3 Å². The fourth-order valence-electron chi connectivity index (χ4n) is 2.93. The number of methoxy groups -OCH3 is 2. The minimum absolute atomic E-state index is 0.00836. The van der Waals surface area contributed by atoms with Gasteiger partial charge in [-0.3, -0.25) is 4.79 Å². The first-order valence-corrected chi connectivity index (χ1v) is 10.3. The highest BCUT2D eigenvalue weighted by Gasteiger charge is 2.22. The van der Waals surface area contributed by atoms with Crippen LogP contribution in [0.5, 0.6) is 11.5 Å². The van der Waals surface area contributed by atoms with Crippen LogP contribution in [-0.4, -0.2) is 30.9 Å². The Labute approximate surface area is 188 Å². The first kappa shape index (κ1) is 22.5. The Hall–Kier alpha value is -4.15. The number of hydrogen-bond acceptors (Lipinski definition) is 9. The van der Waals surface area contributed by atoms with Gasteiger partial charge in [-0.1, -0.05) is 0 Å². The van der Waals surface area contributed by atoms with Crippen molar-refractivity contribution in [1.82, 2.24) is 4.98 Å². The maximum absolute atomic E-state index is 12.5. The second-order valence-corrected chi connectivity index (χ2v) is 7.42. The normalized spacial score (nSPS) is 10.1. The highest BCUT2D eigenvalue weighted by molar-refractivity contribution is 7.99. The molecule has 10 heteroatoms. The van der Waals surface area contributed by atoms with E-state index in [2.05, 4.69) is 16.4 Å². The Morgan fingerprint density at radius 2 is 2.00 bits per heavy atom. The molecule has 0 radical (unpaired) electrons. The van der Waals surface area contributed by atoms with Crippen molar-refractivity contribution < 1.29 is 18.7 Å². The molecule has 1 aromatic carbocycles. The summed E-state index contributed by atoms with van der Waals surface area (Å²) in [5, 5.41) is 22.3. The topological polar surface area (TPSA) is 147 Å². The van der Waals surface area contributed by atoms with E-state index in [0.29, 0.717) is 39.3 Å². The Kier molecular flexibility index (Phi) is 7.21. The quantitative estimate of drug-likeness (QED) is 0.490. The van der Waals surface area contributed by atoms with Gasteiger partial charge in [-0.25, -0.2) is 4.98 Å². The fourth-order valence-corrected chi connectivity index (χ4v) is 3.87. The van der Waals surface area contributed by atoms with Gasteiger partial charge in [0.25, 0.3) is 0 Å². The van der Waals surface area contributed by atoms with Gasteiger partial charge in [0, 0.05) is 18.2 Å². The Morgan fingerprint density at radius 1 is 1.22 bits per heavy atom. The number of carbonyl (C=O) groups excluding carboxylic acids is 1. The zero-order valence-corrected chi connectivity index (χ0v) is 18.2. The number of nitrogens with two attached hydrogens (primary N) is 1. The molecule has 2 heterocycles. The lowest BCUT2D eigenvalue weighted by molar-refractivity contribution is -0.115. The number of amides is 1. The molecule has 0 bridgehead atoms. The first-order chi connectivity index (χ1) is 15.5. The summed E-state index contributed by atoms with van der Waals surface area (Å²) in [5.41, 5.74) is 6.98.